The Labute approximate surface area is 122 Å². The van der Waals surface area contributed by atoms with E-state index >= 15 is 0 Å². The number of carboxylic acid groups (broad SMARTS) is 1. The second-order valence-electron chi connectivity index (χ2n) is 5.44. The SMILES string of the molecule is C[C@@H]1CN(C(=O)NCCc2ccc(F)cc2)C[C@H]1C(=O)O. The van der Waals surface area contributed by atoms with Gasteiger partial charge in [-0.25, -0.2) is 9.18 Å². The Morgan fingerprint density at radius 2 is 2.00 bits per heavy atom. The van der Waals surface area contributed by atoms with E-state index in [-0.39, 0.29) is 24.3 Å². The number of carboxylic acids is 1. The second-order valence-corrected chi connectivity index (χ2v) is 5.44. The molecule has 0 bridgehead atoms. The molecule has 2 amide bonds. The predicted molar refractivity (Wildman–Crippen MR) is 75.4 cm³/mol. The van der Waals surface area contributed by atoms with Crippen LogP contribution in [0.3, 0.4) is 0 Å². The summed E-state index contributed by atoms with van der Waals surface area (Å²) in [5, 5.41) is 11.8. The summed E-state index contributed by atoms with van der Waals surface area (Å²) >= 11 is 0. The molecule has 0 aromatic heterocycles. The maximum atomic E-state index is 12.8. The molecule has 1 fully saturated rings. The van der Waals surface area contributed by atoms with Gasteiger partial charge in [-0.05, 0) is 30.0 Å². The summed E-state index contributed by atoms with van der Waals surface area (Å²) in [6.45, 7) is 2.98. The lowest BCUT2D eigenvalue weighted by Gasteiger charge is -2.16. The molecule has 5 nitrogen and oxygen atoms in total. The van der Waals surface area contributed by atoms with Crippen LogP contribution < -0.4 is 5.32 Å². The lowest BCUT2D eigenvalue weighted by atomic mass is 9.99. The third kappa shape index (κ3) is 3.93. The van der Waals surface area contributed by atoms with Crippen LogP contribution in [0.4, 0.5) is 9.18 Å². The zero-order chi connectivity index (χ0) is 15.4. The van der Waals surface area contributed by atoms with Gasteiger partial charge in [0.1, 0.15) is 5.82 Å². The fraction of sp³-hybridized carbons (Fsp3) is 0.467. The second kappa shape index (κ2) is 6.56. The highest BCUT2D eigenvalue weighted by atomic mass is 19.1. The number of urea groups is 1. The molecule has 1 heterocycles. The van der Waals surface area contributed by atoms with Gasteiger partial charge in [-0.3, -0.25) is 4.79 Å². The molecular formula is C15H19FN2O3. The number of amides is 2. The van der Waals surface area contributed by atoms with Gasteiger partial charge in [-0.2, -0.15) is 0 Å². The van der Waals surface area contributed by atoms with Crippen LogP contribution in [0.1, 0.15) is 12.5 Å². The van der Waals surface area contributed by atoms with Crippen LogP contribution in [0, 0.1) is 17.7 Å². The third-order valence-corrected chi connectivity index (χ3v) is 3.82. The molecule has 2 rings (SSSR count). The first-order chi connectivity index (χ1) is 9.97. The largest absolute Gasteiger partial charge is 0.481 e. The lowest BCUT2D eigenvalue weighted by Crippen LogP contribution is -2.39. The van der Waals surface area contributed by atoms with Crippen LogP contribution in [0.15, 0.2) is 24.3 Å². The Kier molecular flexibility index (Phi) is 4.77. The first-order valence-electron chi connectivity index (χ1n) is 6.97. The van der Waals surface area contributed by atoms with Crippen molar-refractivity contribution < 1.29 is 19.1 Å². The minimum absolute atomic E-state index is 0.0367. The van der Waals surface area contributed by atoms with Gasteiger partial charge in [-0.15, -0.1) is 0 Å². The molecule has 0 spiro atoms. The van der Waals surface area contributed by atoms with Gasteiger partial charge in [0.25, 0.3) is 0 Å². The fourth-order valence-corrected chi connectivity index (χ4v) is 2.53. The van der Waals surface area contributed by atoms with Gasteiger partial charge in [-0.1, -0.05) is 19.1 Å². The van der Waals surface area contributed by atoms with Crippen LogP contribution in [-0.4, -0.2) is 41.6 Å². The number of aliphatic carboxylic acids is 1. The van der Waals surface area contributed by atoms with Crippen molar-refractivity contribution in [3.8, 4) is 0 Å². The summed E-state index contributed by atoms with van der Waals surface area (Å²) < 4.78 is 12.8. The first kappa shape index (κ1) is 15.3. The summed E-state index contributed by atoms with van der Waals surface area (Å²) in [5.41, 5.74) is 0.940. The maximum Gasteiger partial charge on any atom is 0.317 e. The molecule has 2 atom stereocenters. The van der Waals surface area contributed by atoms with E-state index in [2.05, 4.69) is 5.32 Å². The van der Waals surface area contributed by atoms with E-state index in [4.69, 9.17) is 5.11 Å². The summed E-state index contributed by atoms with van der Waals surface area (Å²) in [6.07, 6.45) is 0.609. The van der Waals surface area contributed by atoms with E-state index in [1.807, 2.05) is 6.92 Å². The number of carbonyl (C=O) groups is 2. The van der Waals surface area contributed by atoms with Crippen LogP contribution in [0.5, 0.6) is 0 Å². The van der Waals surface area contributed by atoms with Gasteiger partial charge in [0.15, 0.2) is 0 Å². The monoisotopic (exact) mass is 294 g/mol. The summed E-state index contributed by atoms with van der Waals surface area (Å²) in [6, 6.07) is 5.89. The Bertz CT molecular complexity index is 518. The van der Waals surface area contributed by atoms with Crippen LogP contribution in [0.2, 0.25) is 0 Å². The van der Waals surface area contributed by atoms with E-state index in [0.29, 0.717) is 19.5 Å². The van der Waals surface area contributed by atoms with Crippen molar-refractivity contribution in [3.63, 3.8) is 0 Å². The van der Waals surface area contributed by atoms with E-state index in [9.17, 15) is 14.0 Å². The van der Waals surface area contributed by atoms with E-state index in [1.165, 1.54) is 17.0 Å². The minimum Gasteiger partial charge on any atom is -0.481 e. The highest BCUT2D eigenvalue weighted by Gasteiger charge is 2.36. The van der Waals surface area contributed by atoms with Crippen molar-refractivity contribution in [2.45, 2.75) is 13.3 Å². The Balaban J connectivity index is 1.77. The predicted octanol–water partition coefficient (Wildman–Crippen LogP) is 1.73. The smallest absolute Gasteiger partial charge is 0.317 e. The number of nitrogens with one attached hydrogen (secondary N) is 1. The molecular weight excluding hydrogens is 275 g/mol. The molecule has 0 saturated carbocycles. The number of likely N-dealkylation sites (tertiary alicyclic amines) is 1. The highest BCUT2D eigenvalue weighted by Crippen LogP contribution is 2.22. The zero-order valence-electron chi connectivity index (χ0n) is 11.9. The van der Waals surface area contributed by atoms with E-state index < -0.39 is 11.9 Å². The third-order valence-electron chi connectivity index (χ3n) is 3.82. The van der Waals surface area contributed by atoms with Gasteiger partial charge >= 0.3 is 12.0 Å². The molecule has 2 N–H and O–H groups in total. The normalized spacial score (nSPS) is 21.3. The molecule has 21 heavy (non-hydrogen) atoms. The van der Waals surface area contributed by atoms with Crippen molar-refractivity contribution in [1.29, 1.82) is 0 Å². The molecule has 0 aliphatic carbocycles. The van der Waals surface area contributed by atoms with Crippen molar-refractivity contribution in [1.82, 2.24) is 10.2 Å². The zero-order valence-corrected chi connectivity index (χ0v) is 11.9. The van der Waals surface area contributed by atoms with Crippen LogP contribution in [0.25, 0.3) is 0 Å². The summed E-state index contributed by atoms with van der Waals surface area (Å²) in [7, 11) is 0. The molecule has 1 aromatic rings. The molecule has 1 aliphatic rings. The number of hydrogen-bond acceptors (Lipinski definition) is 2. The molecule has 6 heteroatoms. The number of halogens is 1. The molecule has 114 valence electrons. The number of rotatable bonds is 4. The first-order valence-corrected chi connectivity index (χ1v) is 6.97. The minimum atomic E-state index is -0.857. The fourth-order valence-electron chi connectivity index (χ4n) is 2.53. The van der Waals surface area contributed by atoms with Gasteiger partial charge in [0, 0.05) is 19.6 Å². The van der Waals surface area contributed by atoms with E-state index in [1.54, 1.807) is 12.1 Å². The van der Waals surface area contributed by atoms with Crippen molar-refractivity contribution in [2.24, 2.45) is 11.8 Å². The Hall–Kier alpha value is -2.11. The van der Waals surface area contributed by atoms with Gasteiger partial charge in [0.05, 0.1) is 5.92 Å². The maximum absolute atomic E-state index is 12.8. The van der Waals surface area contributed by atoms with Crippen molar-refractivity contribution >= 4 is 12.0 Å². The standard InChI is InChI=1S/C15H19FN2O3/c1-10-8-18(9-13(10)14(19)20)15(21)17-7-6-11-2-4-12(16)5-3-11/h2-5,10,13H,6-9H2,1H3,(H,17,21)(H,19,20)/t10-,13-/m1/s1. The van der Waals surface area contributed by atoms with Gasteiger partial charge < -0.3 is 15.3 Å². The average Bonchev–Trinajstić information content (AvgIpc) is 2.83. The average molecular weight is 294 g/mol. The Morgan fingerprint density at radius 1 is 1.33 bits per heavy atom. The lowest BCUT2D eigenvalue weighted by molar-refractivity contribution is -0.142. The quantitative estimate of drug-likeness (QED) is 0.888. The molecule has 1 aromatic carbocycles. The summed E-state index contributed by atoms with van der Waals surface area (Å²) in [5.74, 6) is -1.67. The van der Waals surface area contributed by atoms with Crippen molar-refractivity contribution in [3.05, 3.63) is 35.6 Å². The van der Waals surface area contributed by atoms with Crippen LogP contribution in [-0.2, 0) is 11.2 Å². The molecule has 0 radical (unpaired) electrons. The summed E-state index contributed by atoms with van der Waals surface area (Å²) in [4.78, 5) is 24.5. The molecule has 1 aliphatic heterocycles. The number of nitrogens with zero attached hydrogens (tertiary/aromatic N) is 1. The number of hydrogen-bond donors (Lipinski definition) is 2. The Morgan fingerprint density at radius 3 is 2.57 bits per heavy atom. The molecule has 0 unspecified atom stereocenters. The topological polar surface area (TPSA) is 69.6 Å². The van der Waals surface area contributed by atoms with Crippen molar-refractivity contribution in [2.75, 3.05) is 19.6 Å². The highest BCUT2D eigenvalue weighted by molar-refractivity contribution is 5.77. The van der Waals surface area contributed by atoms with Crippen LogP contribution >= 0.6 is 0 Å². The number of carbonyl (C=O) groups excluding carboxylic acids is 1. The van der Waals surface area contributed by atoms with Gasteiger partial charge in [0.2, 0.25) is 0 Å². The van der Waals surface area contributed by atoms with E-state index in [0.717, 1.165) is 5.56 Å². The number of benzene rings is 1. The molecule has 1 saturated heterocycles.